The molecule has 2 N–H and O–H groups in total. The first-order chi connectivity index (χ1) is 17.4. The molecule has 0 aliphatic carbocycles. The monoisotopic (exact) mass is 536 g/mol. The van der Waals surface area contributed by atoms with E-state index in [2.05, 4.69) is 25.5 Å². The molecular formula is C20H22F6N8O3. The lowest BCUT2D eigenvalue weighted by atomic mass is 10.2. The van der Waals surface area contributed by atoms with E-state index in [0.29, 0.717) is 12.4 Å². The maximum atomic E-state index is 13.2. The van der Waals surface area contributed by atoms with Gasteiger partial charge >= 0.3 is 12.4 Å². The number of aromatic nitrogens is 4. The van der Waals surface area contributed by atoms with Crippen molar-refractivity contribution in [3.63, 3.8) is 0 Å². The van der Waals surface area contributed by atoms with Gasteiger partial charge in [-0.05, 0) is 6.42 Å². The van der Waals surface area contributed by atoms with Gasteiger partial charge in [0, 0.05) is 38.6 Å². The number of aromatic amines is 1. The fourth-order valence-electron chi connectivity index (χ4n) is 3.32. The summed E-state index contributed by atoms with van der Waals surface area (Å²) in [6.07, 6.45) is -5.78. The van der Waals surface area contributed by atoms with Gasteiger partial charge in [0.05, 0.1) is 29.7 Å². The summed E-state index contributed by atoms with van der Waals surface area (Å²) < 4.78 is 77.5. The van der Waals surface area contributed by atoms with Gasteiger partial charge in [-0.1, -0.05) is 12.1 Å². The van der Waals surface area contributed by atoms with Gasteiger partial charge in [-0.2, -0.15) is 31.4 Å². The van der Waals surface area contributed by atoms with Crippen LogP contribution < -0.4 is 15.8 Å². The molecule has 1 atom stereocenters. The van der Waals surface area contributed by atoms with Gasteiger partial charge < -0.3 is 20.0 Å². The normalized spacial score (nSPS) is 15.6. The first-order valence-electron chi connectivity index (χ1n) is 10.9. The number of amides is 1. The van der Waals surface area contributed by atoms with Crippen molar-refractivity contribution in [3.05, 3.63) is 40.1 Å². The lowest BCUT2D eigenvalue weighted by Crippen LogP contribution is -2.50. The molecule has 0 aromatic carbocycles. The molecule has 37 heavy (non-hydrogen) atoms. The van der Waals surface area contributed by atoms with E-state index in [1.165, 1.54) is 4.90 Å². The quantitative estimate of drug-likeness (QED) is 0.298. The SMILES string of the molecule is CCC(/C=N/OCC(=O)N1CCN(c2ncc(C(F)(F)F)cn2)CC1)Nc1cn[nH]c(=O)c1C(F)(F)F. The highest BCUT2D eigenvalue weighted by atomic mass is 19.4. The summed E-state index contributed by atoms with van der Waals surface area (Å²) in [6.45, 7) is 2.27. The molecule has 2 aromatic rings. The van der Waals surface area contributed by atoms with Gasteiger partial charge in [0.25, 0.3) is 11.5 Å². The van der Waals surface area contributed by atoms with Gasteiger partial charge in [0.1, 0.15) is 5.56 Å². The van der Waals surface area contributed by atoms with Gasteiger partial charge in [0.2, 0.25) is 5.95 Å². The van der Waals surface area contributed by atoms with Crippen molar-refractivity contribution < 1.29 is 36.0 Å². The van der Waals surface area contributed by atoms with Crippen molar-refractivity contribution in [2.45, 2.75) is 31.7 Å². The Morgan fingerprint density at radius 3 is 2.35 bits per heavy atom. The number of nitrogens with zero attached hydrogens (tertiary/aromatic N) is 6. The molecule has 1 fully saturated rings. The Bertz CT molecular complexity index is 1140. The number of H-pyrrole nitrogens is 1. The summed E-state index contributed by atoms with van der Waals surface area (Å²) in [5.41, 5.74) is -4.30. The molecule has 0 bridgehead atoms. The Morgan fingerprint density at radius 2 is 1.78 bits per heavy atom. The molecule has 1 aliphatic rings. The van der Waals surface area contributed by atoms with Gasteiger partial charge in [0.15, 0.2) is 6.61 Å². The zero-order valence-electron chi connectivity index (χ0n) is 19.3. The molecular weight excluding hydrogens is 514 g/mol. The van der Waals surface area contributed by atoms with Crippen molar-refractivity contribution >= 4 is 23.8 Å². The lowest BCUT2D eigenvalue weighted by molar-refractivity contribution is -0.139. The van der Waals surface area contributed by atoms with Crippen LogP contribution in [0, 0.1) is 0 Å². The minimum absolute atomic E-state index is 0.114. The van der Waals surface area contributed by atoms with Crippen LogP contribution in [-0.4, -0.2) is 76.0 Å². The number of hydrogen-bond acceptors (Lipinski definition) is 9. The van der Waals surface area contributed by atoms with Crippen LogP contribution in [0.3, 0.4) is 0 Å². The minimum Gasteiger partial charge on any atom is -0.386 e. The largest absolute Gasteiger partial charge is 0.423 e. The second-order valence-electron chi connectivity index (χ2n) is 7.81. The zero-order valence-corrected chi connectivity index (χ0v) is 19.3. The molecule has 0 spiro atoms. The van der Waals surface area contributed by atoms with E-state index >= 15 is 0 Å². The number of oxime groups is 1. The summed E-state index contributed by atoms with van der Waals surface area (Å²) in [6, 6.07) is -0.757. The average Bonchev–Trinajstić information content (AvgIpc) is 2.84. The van der Waals surface area contributed by atoms with Crippen LogP contribution in [0.25, 0.3) is 0 Å². The smallest absolute Gasteiger partial charge is 0.386 e. The summed E-state index contributed by atoms with van der Waals surface area (Å²) in [5, 5.41) is 11.3. The lowest BCUT2D eigenvalue weighted by Gasteiger charge is -2.34. The maximum absolute atomic E-state index is 13.2. The first-order valence-corrected chi connectivity index (χ1v) is 10.9. The second-order valence-corrected chi connectivity index (χ2v) is 7.81. The molecule has 1 amide bonds. The summed E-state index contributed by atoms with van der Waals surface area (Å²) >= 11 is 0. The Morgan fingerprint density at radius 1 is 1.14 bits per heavy atom. The summed E-state index contributed by atoms with van der Waals surface area (Å²) in [5.74, 6) is -0.298. The van der Waals surface area contributed by atoms with Crippen LogP contribution >= 0.6 is 0 Å². The van der Waals surface area contributed by atoms with Crippen LogP contribution in [0.5, 0.6) is 0 Å². The standard InChI is InChI=1S/C20H22F6N8O3/c1-2-13(31-14-10-29-32-17(36)16(14)20(24,25)26)9-30-37-11-15(35)33-3-5-34(6-4-33)18-27-7-12(8-28-18)19(21,22)23/h7-10,13H,2-6,11H2,1H3,(H2,31,32,36)/b30-9+. The molecule has 202 valence electrons. The fraction of sp³-hybridized carbons (Fsp3) is 0.500. The highest BCUT2D eigenvalue weighted by Gasteiger charge is 2.37. The van der Waals surface area contributed by atoms with E-state index in [4.69, 9.17) is 4.84 Å². The van der Waals surface area contributed by atoms with Crippen molar-refractivity contribution in [2.75, 3.05) is 43.0 Å². The summed E-state index contributed by atoms with van der Waals surface area (Å²) in [7, 11) is 0. The molecule has 0 saturated carbocycles. The average molecular weight is 536 g/mol. The number of carbonyl (C=O) groups is 1. The number of piperazine rings is 1. The maximum Gasteiger partial charge on any atom is 0.423 e. The third kappa shape index (κ3) is 7.29. The molecule has 1 aliphatic heterocycles. The van der Waals surface area contributed by atoms with Gasteiger partial charge in [-0.3, -0.25) is 9.59 Å². The third-order valence-corrected chi connectivity index (χ3v) is 5.30. The molecule has 1 unspecified atom stereocenters. The predicted octanol–water partition coefficient (Wildman–Crippen LogP) is 2.14. The topological polar surface area (TPSA) is 129 Å². The van der Waals surface area contributed by atoms with Crippen molar-refractivity contribution in [1.29, 1.82) is 0 Å². The van der Waals surface area contributed by atoms with Gasteiger partial charge in [-0.15, -0.1) is 0 Å². The Kier molecular flexibility index (Phi) is 8.54. The number of carbonyl (C=O) groups excluding carboxylic acids is 1. The number of alkyl halides is 6. The van der Waals surface area contributed by atoms with Crippen molar-refractivity contribution in [2.24, 2.45) is 5.16 Å². The van der Waals surface area contributed by atoms with Crippen LogP contribution in [0.15, 0.2) is 28.5 Å². The molecule has 1 saturated heterocycles. The highest BCUT2D eigenvalue weighted by molar-refractivity contribution is 5.78. The summed E-state index contributed by atoms with van der Waals surface area (Å²) in [4.78, 5) is 39.5. The Balaban J connectivity index is 1.48. The van der Waals surface area contributed by atoms with Crippen LogP contribution in [0.2, 0.25) is 0 Å². The van der Waals surface area contributed by atoms with E-state index < -0.39 is 53.3 Å². The molecule has 11 nitrogen and oxygen atoms in total. The van der Waals surface area contributed by atoms with E-state index in [9.17, 15) is 35.9 Å². The van der Waals surface area contributed by atoms with Crippen molar-refractivity contribution in [1.82, 2.24) is 25.1 Å². The van der Waals surface area contributed by atoms with Crippen molar-refractivity contribution in [3.8, 4) is 0 Å². The van der Waals surface area contributed by atoms with Gasteiger partial charge in [-0.25, -0.2) is 15.1 Å². The number of hydrogen-bond donors (Lipinski definition) is 2. The fourth-order valence-corrected chi connectivity index (χ4v) is 3.32. The molecule has 17 heteroatoms. The predicted molar refractivity (Wildman–Crippen MR) is 118 cm³/mol. The van der Waals surface area contributed by atoms with E-state index in [-0.39, 0.29) is 38.5 Å². The van der Waals surface area contributed by atoms with E-state index in [0.717, 1.165) is 12.4 Å². The number of rotatable bonds is 8. The van der Waals surface area contributed by atoms with Crippen LogP contribution in [-0.2, 0) is 22.0 Å². The number of anilines is 2. The Labute approximate surface area is 205 Å². The number of halogens is 6. The highest BCUT2D eigenvalue weighted by Crippen LogP contribution is 2.31. The zero-order chi connectivity index (χ0) is 27.2. The first kappa shape index (κ1) is 27.7. The third-order valence-electron chi connectivity index (χ3n) is 5.30. The molecule has 2 aromatic heterocycles. The van der Waals surface area contributed by atoms with E-state index in [1.54, 1.807) is 16.9 Å². The minimum atomic E-state index is -4.90. The van der Waals surface area contributed by atoms with Crippen LogP contribution in [0.4, 0.5) is 38.0 Å². The van der Waals surface area contributed by atoms with Crippen LogP contribution in [0.1, 0.15) is 24.5 Å². The second kappa shape index (κ2) is 11.4. The molecule has 3 heterocycles. The Hall–Kier alpha value is -3.92. The molecule has 3 rings (SSSR count). The molecule has 0 radical (unpaired) electrons. The number of nitrogens with one attached hydrogen (secondary N) is 2. The van der Waals surface area contributed by atoms with E-state index in [1.807, 2.05) is 0 Å².